The van der Waals surface area contributed by atoms with E-state index in [0.717, 1.165) is 47.8 Å². The van der Waals surface area contributed by atoms with Gasteiger partial charge in [0.1, 0.15) is 17.5 Å². The molecule has 0 saturated heterocycles. The van der Waals surface area contributed by atoms with Gasteiger partial charge in [-0.15, -0.1) is 0 Å². The van der Waals surface area contributed by atoms with Crippen LogP contribution in [-0.2, 0) is 6.42 Å². The molecule has 0 aliphatic heterocycles. The summed E-state index contributed by atoms with van der Waals surface area (Å²) in [6.07, 6.45) is 4.70. The van der Waals surface area contributed by atoms with Crippen molar-refractivity contribution in [1.29, 1.82) is 0 Å². The second kappa shape index (κ2) is 7.10. The highest BCUT2D eigenvalue weighted by molar-refractivity contribution is 5.57. The molecule has 118 valence electrons. The lowest BCUT2D eigenvalue weighted by Gasteiger charge is -2.32. The minimum absolute atomic E-state index is 0.538. The number of hydrogen-bond donors (Lipinski definition) is 2. The zero-order chi connectivity index (χ0) is 15.4. The molecule has 4 heteroatoms. The van der Waals surface area contributed by atoms with Crippen LogP contribution in [0.4, 0.5) is 11.6 Å². The molecule has 1 saturated carbocycles. The summed E-state index contributed by atoms with van der Waals surface area (Å²) in [6, 6.07) is 0.538. The lowest BCUT2D eigenvalue weighted by molar-refractivity contribution is 0.280. The summed E-state index contributed by atoms with van der Waals surface area (Å²) in [7, 11) is 0. The maximum atomic E-state index is 4.72. The molecule has 0 aromatic carbocycles. The molecule has 4 nitrogen and oxygen atoms in total. The second-order valence-electron chi connectivity index (χ2n) is 6.60. The fraction of sp³-hybridized carbons (Fsp3) is 0.765. The van der Waals surface area contributed by atoms with E-state index in [1.54, 1.807) is 0 Å². The zero-order valence-electron chi connectivity index (χ0n) is 14.2. The van der Waals surface area contributed by atoms with Gasteiger partial charge >= 0.3 is 0 Å². The average Bonchev–Trinajstić information content (AvgIpc) is 2.42. The Balaban J connectivity index is 2.20. The van der Waals surface area contributed by atoms with Gasteiger partial charge in [0, 0.05) is 24.6 Å². The first-order valence-electron chi connectivity index (χ1n) is 8.41. The molecule has 1 aromatic rings. The first-order chi connectivity index (χ1) is 10.0. The molecule has 0 radical (unpaired) electrons. The summed E-state index contributed by atoms with van der Waals surface area (Å²) in [6.45, 7) is 11.9. The number of hydrogen-bond acceptors (Lipinski definition) is 4. The molecule has 0 bridgehead atoms. The first kappa shape index (κ1) is 16.1. The van der Waals surface area contributed by atoms with Crippen molar-refractivity contribution in [2.75, 3.05) is 17.2 Å². The molecular weight excluding hydrogens is 260 g/mol. The van der Waals surface area contributed by atoms with E-state index in [9.17, 15) is 0 Å². The normalized spacial score (nSPS) is 25.7. The largest absolute Gasteiger partial charge is 0.370 e. The minimum Gasteiger partial charge on any atom is -0.370 e. The molecule has 1 aliphatic rings. The van der Waals surface area contributed by atoms with Crippen LogP contribution in [0.25, 0.3) is 0 Å². The number of aryl methyl sites for hydroxylation is 1. The highest BCUT2D eigenvalue weighted by Crippen LogP contribution is 2.31. The Kier molecular flexibility index (Phi) is 5.43. The molecule has 21 heavy (non-hydrogen) atoms. The van der Waals surface area contributed by atoms with Gasteiger partial charge in [0.15, 0.2) is 0 Å². The molecule has 2 N–H and O–H groups in total. The quantitative estimate of drug-likeness (QED) is 0.860. The van der Waals surface area contributed by atoms with Crippen molar-refractivity contribution < 1.29 is 0 Å². The van der Waals surface area contributed by atoms with Crippen molar-refractivity contribution in [3.63, 3.8) is 0 Å². The van der Waals surface area contributed by atoms with E-state index in [2.05, 4.69) is 50.2 Å². The molecule has 2 atom stereocenters. The number of aromatic nitrogens is 2. The summed E-state index contributed by atoms with van der Waals surface area (Å²) in [4.78, 5) is 9.32. The summed E-state index contributed by atoms with van der Waals surface area (Å²) in [5.41, 5.74) is 1.14. The number of nitrogens with one attached hydrogen (secondary N) is 2. The summed E-state index contributed by atoms with van der Waals surface area (Å²) in [5.74, 6) is 4.50. The van der Waals surface area contributed by atoms with E-state index in [1.807, 2.05) is 0 Å². The lowest BCUT2D eigenvalue weighted by atomic mass is 9.80. The van der Waals surface area contributed by atoms with E-state index in [1.165, 1.54) is 19.3 Å². The monoisotopic (exact) mass is 290 g/mol. The smallest absolute Gasteiger partial charge is 0.134 e. The first-order valence-corrected chi connectivity index (χ1v) is 8.41. The van der Waals surface area contributed by atoms with Crippen LogP contribution < -0.4 is 10.6 Å². The van der Waals surface area contributed by atoms with Gasteiger partial charge in [-0.05, 0) is 44.9 Å². The van der Waals surface area contributed by atoms with Crippen LogP contribution in [0.5, 0.6) is 0 Å². The van der Waals surface area contributed by atoms with Gasteiger partial charge in [-0.3, -0.25) is 0 Å². The van der Waals surface area contributed by atoms with Gasteiger partial charge in [0.25, 0.3) is 0 Å². The van der Waals surface area contributed by atoms with Gasteiger partial charge in [-0.25, -0.2) is 9.97 Å². The SMILES string of the molecule is CCNc1nc(CC)nc(NC2CC(C)CC(C)C2)c1C. The van der Waals surface area contributed by atoms with E-state index >= 15 is 0 Å². The van der Waals surface area contributed by atoms with Crippen LogP contribution in [-0.4, -0.2) is 22.6 Å². The minimum atomic E-state index is 0.538. The molecule has 2 rings (SSSR count). The van der Waals surface area contributed by atoms with Gasteiger partial charge in [0.05, 0.1) is 0 Å². The Labute approximate surface area is 129 Å². The third-order valence-corrected chi connectivity index (χ3v) is 4.37. The maximum Gasteiger partial charge on any atom is 0.134 e. The van der Waals surface area contributed by atoms with Gasteiger partial charge in [-0.1, -0.05) is 20.8 Å². The van der Waals surface area contributed by atoms with Crippen molar-refractivity contribution in [1.82, 2.24) is 9.97 Å². The Bertz CT molecular complexity index is 462. The highest BCUT2D eigenvalue weighted by Gasteiger charge is 2.25. The van der Waals surface area contributed by atoms with Gasteiger partial charge in [-0.2, -0.15) is 0 Å². The third kappa shape index (κ3) is 4.08. The number of nitrogens with zero attached hydrogens (tertiary/aromatic N) is 2. The van der Waals surface area contributed by atoms with E-state index in [4.69, 9.17) is 4.98 Å². The molecule has 1 heterocycles. The number of rotatable bonds is 5. The van der Waals surface area contributed by atoms with Gasteiger partial charge in [0.2, 0.25) is 0 Å². The molecular formula is C17H30N4. The van der Waals surface area contributed by atoms with Crippen molar-refractivity contribution in [2.45, 2.75) is 66.3 Å². The Morgan fingerprint density at radius 3 is 2.19 bits per heavy atom. The Morgan fingerprint density at radius 1 is 1.00 bits per heavy atom. The average molecular weight is 290 g/mol. The van der Waals surface area contributed by atoms with Crippen molar-refractivity contribution in [2.24, 2.45) is 11.8 Å². The van der Waals surface area contributed by atoms with Crippen LogP contribution in [0.2, 0.25) is 0 Å². The predicted molar refractivity (Wildman–Crippen MR) is 89.9 cm³/mol. The molecule has 2 unspecified atom stereocenters. The second-order valence-corrected chi connectivity index (χ2v) is 6.60. The molecule has 1 aromatic heterocycles. The van der Waals surface area contributed by atoms with Crippen LogP contribution >= 0.6 is 0 Å². The molecule has 1 aliphatic carbocycles. The Hall–Kier alpha value is -1.32. The fourth-order valence-electron chi connectivity index (χ4n) is 3.46. The lowest BCUT2D eigenvalue weighted by Crippen LogP contribution is -2.31. The van der Waals surface area contributed by atoms with Crippen LogP contribution in [0.1, 0.15) is 58.3 Å². The van der Waals surface area contributed by atoms with Crippen molar-refractivity contribution >= 4 is 11.6 Å². The molecule has 1 fully saturated rings. The summed E-state index contributed by atoms with van der Waals surface area (Å²) >= 11 is 0. The molecule has 0 amide bonds. The Morgan fingerprint density at radius 2 is 1.62 bits per heavy atom. The van der Waals surface area contributed by atoms with Gasteiger partial charge < -0.3 is 10.6 Å². The standard InChI is InChI=1S/C17H30N4/c1-6-15-20-16(18-7-2)13(5)17(21-15)19-14-9-11(3)8-12(4)10-14/h11-12,14H,6-10H2,1-5H3,(H2,18,19,20,21). The third-order valence-electron chi connectivity index (χ3n) is 4.37. The fourth-order valence-corrected chi connectivity index (χ4v) is 3.46. The topological polar surface area (TPSA) is 49.8 Å². The van der Waals surface area contributed by atoms with Crippen LogP contribution in [0.15, 0.2) is 0 Å². The van der Waals surface area contributed by atoms with E-state index in [0.29, 0.717) is 6.04 Å². The summed E-state index contributed by atoms with van der Waals surface area (Å²) < 4.78 is 0. The van der Waals surface area contributed by atoms with E-state index in [-0.39, 0.29) is 0 Å². The van der Waals surface area contributed by atoms with Crippen molar-refractivity contribution in [3.05, 3.63) is 11.4 Å². The van der Waals surface area contributed by atoms with Crippen molar-refractivity contribution in [3.8, 4) is 0 Å². The highest BCUT2D eigenvalue weighted by atomic mass is 15.1. The molecule has 0 spiro atoms. The van der Waals surface area contributed by atoms with E-state index < -0.39 is 0 Å². The maximum absolute atomic E-state index is 4.72. The van der Waals surface area contributed by atoms with Crippen LogP contribution in [0.3, 0.4) is 0 Å². The zero-order valence-corrected chi connectivity index (χ0v) is 14.2. The van der Waals surface area contributed by atoms with Crippen LogP contribution in [0, 0.1) is 18.8 Å². The predicted octanol–water partition coefficient (Wildman–Crippen LogP) is 4.02. The number of anilines is 2. The summed E-state index contributed by atoms with van der Waals surface area (Å²) in [5, 5.41) is 7.05.